The Balaban J connectivity index is 1.52. The van der Waals surface area contributed by atoms with Crippen LogP contribution in [0.3, 0.4) is 0 Å². The summed E-state index contributed by atoms with van der Waals surface area (Å²) in [5.41, 5.74) is 5.11. The molecular weight excluding hydrogens is 492 g/mol. The normalized spacial score (nSPS) is 16.4. The Labute approximate surface area is 218 Å². The fourth-order valence-corrected chi connectivity index (χ4v) is 6.98. The Morgan fingerprint density at radius 2 is 1.84 bits per heavy atom. The molecule has 1 atom stereocenters. The predicted molar refractivity (Wildman–Crippen MR) is 141 cm³/mol. The number of hydrogen-bond acceptors (Lipinski definition) is 3. The Kier molecular flexibility index (Phi) is 5.99. The smallest absolute Gasteiger partial charge is 0.323 e. The largest absolute Gasteiger partial charge is 0.495 e. The fourth-order valence-electron chi connectivity index (χ4n) is 5.58. The van der Waals surface area contributed by atoms with Crippen molar-refractivity contribution in [3.05, 3.63) is 99.2 Å². The van der Waals surface area contributed by atoms with Crippen LogP contribution >= 0.6 is 11.3 Å². The number of benzene rings is 2. The van der Waals surface area contributed by atoms with E-state index in [1.807, 2.05) is 43.5 Å². The van der Waals surface area contributed by atoms with E-state index in [2.05, 4.69) is 9.88 Å². The van der Waals surface area contributed by atoms with Crippen molar-refractivity contribution >= 4 is 23.1 Å². The lowest BCUT2D eigenvalue weighted by Crippen LogP contribution is -2.38. The van der Waals surface area contributed by atoms with Crippen LogP contribution in [0, 0.1) is 18.6 Å². The van der Waals surface area contributed by atoms with Gasteiger partial charge in [-0.15, -0.1) is 11.3 Å². The molecule has 3 heterocycles. The first kappa shape index (κ1) is 23.7. The summed E-state index contributed by atoms with van der Waals surface area (Å²) in [6, 6.07) is 11.8. The Bertz CT molecular complexity index is 1490. The highest BCUT2D eigenvalue weighted by molar-refractivity contribution is 7.15. The molecular formula is C29H27F2N3O2S. The van der Waals surface area contributed by atoms with Crippen molar-refractivity contribution in [1.29, 1.82) is 0 Å². The number of ether oxygens (including phenoxy) is 1. The maximum absolute atomic E-state index is 14.5. The molecule has 2 aromatic carbocycles. The van der Waals surface area contributed by atoms with Crippen LogP contribution in [0.15, 0.2) is 54.7 Å². The van der Waals surface area contributed by atoms with Crippen LogP contribution in [0.25, 0.3) is 5.00 Å². The first-order chi connectivity index (χ1) is 17.9. The standard InChI is InChI=1S/C29H27F2N3O2S/c1-17-9-10-25(36-2)23(12-17)32-29(35)34-16-22-21-6-3-4-8-26(21)37-28(22)33-11-5-7-24(33)27(34)18-13-19(30)15-20(31)14-18/h5,7,9-15,27H,3-4,6,8,16H2,1-2H3,(H,32,35). The highest BCUT2D eigenvalue weighted by Crippen LogP contribution is 2.44. The molecule has 0 fully saturated rings. The summed E-state index contributed by atoms with van der Waals surface area (Å²) in [6.07, 6.45) is 6.25. The van der Waals surface area contributed by atoms with Gasteiger partial charge >= 0.3 is 6.03 Å². The van der Waals surface area contributed by atoms with Gasteiger partial charge < -0.3 is 19.5 Å². The highest BCUT2D eigenvalue weighted by atomic mass is 32.1. The van der Waals surface area contributed by atoms with Gasteiger partial charge in [-0.2, -0.15) is 0 Å². The first-order valence-corrected chi connectivity index (χ1v) is 13.2. The summed E-state index contributed by atoms with van der Waals surface area (Å²) < 4.78 is 36.5. The van der Waals surface area contributed by atoms with Crippen molar-refractivity contribution in [3.8, 4) is 10.8 Å². The maximum Gasteiger partial charge on any atom is 0.323 e. The predicted octanol–water partition coefficient (Wildman–Crippen LogP) is 7.15. The van der Waals surface area contributed by atoms with Crippen LogP contribution < -0.4 is 10.1 Å². The second-order valence-corrected chi connectivity index (χ2v) is 10.7. The molecule has 1 unspecified atom stereocenters. The van der Waals surface area contributed by atoms with Gasteiger partial charge in [0.2, 0.25) is 0 Å². The van der Waals surface area contributed by atoms with Crippen molar-refractivity contribution in [2.75, 3.05) is 12.4 Å². The number of aryl methyl sites for hydroxylation is 2. The number of anilines is 1. The third kappa shape index (κ3) is 4.19. The van der Waals surface area contributed by atoms with Crippen LogP contribution in [-0.4, -0.2) is 22.6 Å². The Morgan fingerprint density at radius 3 is 2.62 bits per heavy atom. The van der Waals surface area contributed by atoms with Crippen molar-refractivity contribution in [2.45, 2.75) is 45.2 Å². The zero-order valence-electron chi connectivity index (χ0n) is 20.7. The Morgan fingerprint density at radius 1 is 1.05 bits per heavy atom. The molecule has 190 valence electrons. The van der Waals surface area contributed by atoms with Gasteiger partial charge in [-0.05, 0) is 85.7 Å². The lowest BCUT2D eigenvalue weighted by atomic mass is 9.95. The van der Waals surface area contributed by atoms with Gasteiger partial charge in [0.15, 0.2) is 0 Å². The van der Waals surface area contributed by atoms with E-state index in [0.29, 0.717) is 23.5 Å². The van der Waals surface area contributed by atoms with E-state index in [9.17, 15) is 13.6 Å². The van der Waals surface area contributed by atoms with Crippen molar-refractivity contribution in [2.24, 2.45) is 0 Å². The summed E-state index contributed by atoms with van der Waals surface area (Å²) >= 11 is 1.76. The number of aromatic nitrogens is 1. The van der Waals surface area contributed by atoms with Gasteiger partial charge in [-0.3, -0.25) is 0 Å². The molecule has 1 aliphatic heterocycles. The number of halogens is 2. The number of urea groups is 1. The van der Waals surface area contributed by atoms with E-state index in [4.69, 9.17) is 4.74 Å². The molecule has 37 heavy (non-hydrogen) atoms. The van der Waals surface area contributed by atoms with Gasteiger partial charge in [0.25, 0.3) is 0 Å². The van der Waals surface area contributed by atoms with Crippen molar-refractivity contribution in [1.82, 2.24) is 9.47 Å². The molecule has 0 spiro atoms. The fraction of sp³-hybridized carbons (Fsp3) is 0.276. The van der Waals surface area contributed by atoms with Gasteiger partial charge in [0, 0.05) is 22.7 Å². The SMILES string of the molecule is COc1ccc(C)cc1NC(=O)N1Cc2c(sc3c2CCCC3)-n2cccc2C1c1cc(F)cc(F)c1. The molecule has 4 aromatic rings. The molecule has 0 radical (unpaired) electrons. The van der Waals surface area contributed by atoms with Gasteiger partial charge in [-0.25, -0.2) is 13.6 Å². The number of fused-ring (bicyclic) bond motifs is 5. The van der Waals surface area contributed by atoms with Gasteiger partial charge in [-0.1, -0.05) is 6.07 Å². The summed E-state index contributed by atoms with van der Waals surface area (Å²) in [5.74, 6) is -0.811. The van der Waals surface area contributed by atoms with E-state index in [-0.39, 0.29) is 6.03 Å². The maximum atomic E-state index is 14.5. The molecule has 5 nitrogen and oxygen atoms in total. The average Bonchev–Trinajstić information content (AvgIpc) is 3.45. The number of nitrogens with zero attached hydrogens (tertiary/aromatic N) is 2. The summed E-state index contributed by atoms with van der Waals surface area (Å²) in [5, 5.41) is 4.10. The third-order valence-corrected chi connectivity index (χ3v) is 8.57. The lowest BCUT2D eigenvalue weighted by molar-refractivity contribution is 0.194. The molecule has 6 rings (SSSR count). The number of thiophene rings is 1. The van der Waals surface area contributed by atoms with E-state index in [1.54, 1.807) is 23.3 Å². The van der Waals surface area contributed by atoms with E-state index >= 15 is 0 Å². The number of nitrogens with one attached hydrogen (secondary N) is 1. The van der Waals surface area contributed by atoms with Crippen molar-refractivity contribution < 1.29 is 18.3 Å². The van der Waals surface area contributed by atoms with Crippen LogP contribution in [0.5, 0.6) is 5.75 Å². The van der Waals surface area contributed by atoms with E-state index < -0.39 is 17.7 Å². The number of rotatable bonds is 3. The molecule has 8 heteroatoms. The number of methoxy groups -OCH3 is 1. The van der Waals surface area contributed by atoms with Crippen LogP contribution in [-0.2, 0) is 19.4 Å². The number of amides is 2. The number of carbonyl (C=O) groups excluding carboxylic acids is 1. The molecule has 2 aromatic heterocycles. The minimum absolute atomic E-state index is 0.325. The van der Waals surface area contributed by atoms with Crippen LogP contribution in [0.2, 0.25) is 0 Å². The van der Waals surface area contributed by atoms with E-state index in [0.717, 1.165) is 53.6 Å². The first-order valence-electron chi connectivity index (χ1n) is 12.4. The Hall–Kier alpha value is -3.65. The number of carbonyl (C=O) groups is 1. The minimum atomic E-state index is -0.699. The van der Waals surface area contributed by atoms with Crippen LogP contribution in [0.4, 0.5) is 19.3 Å². The average molecular weight is 520 g/mol. The lowest BCUT2D eigenvalue weighted by Gasteiger charge is -2.31. The zero-order valence-corrected chi connectivity index (χ0v) is 21.5. The molecule has 2 amide bonds. The molecule has 0 saturated heterocycles. The minimum Gasteiger partial charge on any atom is -0.495 e. The highest BCUT2D eigenvalue weighted by Gasteiger charge is 2.36. The molecule has 0 bridgehead atoms. The monoisotopic (exact) mass is 519 g/mol. The zero-order chi connectivity index (χ0) is 25.7. The molecule has 1 aliphatic carbocycles. The van der Waals surface area contributed by atoms with Gasteiger partial charge in [0.1, 0.15) is 28.4 Å². The van der Waals surface area contributed by atoms with E-state index in [1.165, 1.54) is 22.6 Å². The van der Waals surface area contributed by atoms with Crippen LogP contribution in [0.1, 0.15) is 51.7 Å². The molecule has 1 N–H and O–H groups in total. The summed E-state index contributed by atoms with van der Waals surface area (Å²) in [6.45, 7) is 2.27. The van der Waals surface area contributed by atoms with Crippen molar-refractivity contribution in [3.63, 3.8) is 0 Å². The molecule has 2 aliphatic rings. The summed E-state index contributed by atoms with van der Waals surface area (Å²) in [7, 11) is 1.56. The second-order valence-electron chi connectivity index (χ2n) is 9.66. The number of hydrogen-bond donors (Lipinski definition) is 1. The quantitative estimate of drug-likeness (QED) is 0.312. The molecule has 0 saturated carbocycles. The third-order valence-electron chi connectivity index (χ3n) is 7.24. The summed E-state index contributed by atoms with van der Waals surface area (Å²) in [4.78, 5) is 17.1. The second kappa shape index (κ2) is 9.34. The van der Waals surface area contributed by atoms with Gasteiger partial charge in [0.05, 0.1) is 25.0 Å². The topological polar surface area (TPSA) is 46.5 Å².